The summed E-state index contributed by atoms with van der Waals surface area (Å²) in [7, 11) is 0. The number of nitrogens with one attached hydrogen (secondary N) is 1. The van der Waals surface area contributed by atoms with Crippen molar-refractivity contribution in [1.82, 2.24) is 10.2 Å². The van der Waals surface area contributed by atoms with Crippen molar-refractivity contribution < 1.29 is 23.9 Å². The number of nitrogens with zero attached hydrogens (tertiary/aromatic N) is 1. The summed E-state index contributed by atoms with van der Waals surface area (Å²) < 4.78 is 10.3. The molecule has 0 unspecified atom stereocenters. The van der Waals surface area contributed by atoms with Crippen LogP contribution >= 0.6 is 0 Å². The first-order valence-electron chi connectivity index (χ1n) is 8.13. The van der Waals surface area contributed by atoms with Gasteiger partial charge in [-0.15, -0.1) is 0 Å². The Balaban J connectivity index is 1.49. The van der Waals surface area contributed by atoms with Gasteiger partial charge in [-0.05, 0) is 11.1 Å². The zero-order chi connectivity index (χ0) is 18.4. The Morgan fingerprint density at radius 3 is 2.04 bits per heavy atom. The van der Waals surface area contributed by atoms with Crippen LogP contribution in [-0.2, 0) is 27.5 Å². The van der Waals surface area contributed by atoms with Crippen molar-refractivity contribution >= 4 is 18.1 Å². The topological polar surface area (TPSA) is 84.9 Å². The van der Waals surface area contributed by atoms with Crippen molar-refractivity contribution in [2.75, 3.05) is 6.54 Å². The highest BCUT2D eigenvalue weighted by Gasteiger charge is 2.39. The van der Waals surface area contributed by atoms with Gasteiger partial charge in [-0.2, -0.15) is 0 Å². The quantitative estimate of drug-likeness (QED) is 0.834. The lowest BCUT2D eigenvalue weighted by molar-refractivity contribution is -0.146. The lowest BCUT2D eigenvalue weighted by atomic mass is 10.2. The number of imide groups is 1. The van der Waals surface area contributed by atoms with Gasteiger partial charge in [0.25, 0.3) is 0 Å². The third-order valence-electron chi connectivity index (χ3n) is 3.84. The first-order chi connectivity index (χ1) is 12.6. The summed E-state index contributed by atoms with van der Waals surface area (Å²) in [6.45, 7) is 0.0250. The second kappa shape index (κ2) is 8.15. The largest absolute Gasteiger partial charge is 0.459 e. The van der Waals surface area contributed by atoms with Crippen LogP contribution in [0.25, 0.3) is 0 Å². The number of carbonyl (C=O) groups excluding carboxylic acids is 3. The van der Waals surface area contributed by atoms with Crippen LogP contribution in [0.5, 0.6) is 0 Å². The molecule has 1 N–H and O–H groups in total. The molecular weight excluding hydrogens is 336 g/mol. The number of carbonyl (C=O) groups is 3. The fraction of sp³-hybridized carbons (Fsp3) is 0.211. The minimum atomic E-state index is -0.907. The zero-order valence-electron chi connectivity index (χ0n) is 14.0. The fourth-order valence-corrected chi connectivity index (χ4v) is 2.46. The third kappa shape index (κ3) is 4.38. The molecule has 0 spiro atoms. The molecule has 1 atom stereocenters. The molecule has 2 aromatic rings. The third-order valence-corrected chi connectivity index (χ3v) is 3.84. The number of rotatable bonds is 5. The second-order valence-corrected chi connectivity index (χ2v) is 5.75. The van der Waals surface area contributed by atoms with Crippen LogP contribution in [0.1, 0.15) is 11.1 Å². The molecule has 0 saturated carbocycles. The molecule has 1 aliphatic heterocycles. The Bertz CT molecular complexity index is 779. The molecule has 26 heavy (non-hydrogen) atoms. The highest BCUT2D eigenvalue weighted by molar-refractivity contribution is 5.96. The minimum absolute atomic E-state index is 0.0482. The number of ether oxygens (including phenoxy) is 2. The molecule has 0 bridgehead atoms. The van der Waals surface area contributed by atoms with E-state index in [1.54, 1.807) is 12.1 Å². The maximum Gasteiger partial charge on any atom is 0.418 e. The number of hydrogen-bond acceptors (Lipinski definition) is 5. The summed E-state index contributed by atoms with van der Waals surface area (Å²) in [4.78, 5) is 36.9. The van der Waals surface area contributed by atoms with E-state index < -0.39 is 24.1 Å². The highest BCUT2D eigenvalue weighted by Crippen LogP contribution is 2.11. The van der Waals surface area contributed by atoms with Crippen molar-refractivity contribution in [2.24, 2.45) is 0 Å². The van der Waals surface area contributed by atoms with Gasteiger partial charge in [0.05, 0.1) is 6.54 Å². The monoisotopic (exact) mass is 354 g/mol. The molecule has 0 aromatic heterocycles. The van der Waals surface area contributed by atoms with Crippen molar-refractivity contribution in [3.05, 3.63) is 71.8 Å². The van der Waals surface area contributed by atoms with Crippen LogP contribution in [0, 0.1) is 0 Å². The summed E-state index contributed by atoms with van der Waals surface area (Å²) >= 11 is 0. The van der Waals surface area contributed by atoms with E-state index in [9.17, 15) is 14.4 Å². The number of benzene rings is 2. The second-order valence-electron chi connectivity index (χ2n) is 5.75. The lowest BCUT2D eigenvalue weighted by Crippen LogP contribution is -2.35. The first kappa shape index (κ1) is 17.5. The molecule has 1 saturated heterocycles. The van der Waals surface area contributed by atoms with E-state index in [1.165, 1.54) is 0 Å². The SMILES string of the molecule is O=C(OCc1ccccc1)[C@@H]1CN(C(=O)OCc2ccccc2)C(=O)N1. The lowest BCUT2D eigenvalue weighted by Gasteiger charge is -2.13. The number of amides is 3. The van der Waals surface area contributed by atoms with Gasteiger partial charge < -0.3 is 14.8 Å². The minimum Gasteiger partial charge on any atom is -0.459 e. The molecule has 2 aromatic carbocycles. The molecule has 134 valence electrons. The maximum absolute atomic E-state index is 12.1. The Morgan fingerprint density at radius 2 is 1.46 bits per heavy atom. The number of esters is 1. The van der Waals surface area contributed by atoms with Gasteiger partial charge >= 0.3 is 18.1 Å². The van der Waals surface area contributed by atoms with Gasteiger partial charge in [-0.25, -0.2) is 19.3 Å². The summed E-state index contributed by atoms with van der Waals surface area (Å²) in [5.41, 5.74) is 1.64. The van der Waals surface area contributed by atoms with Crippen molar-refractivity contribution in [3.63, 3.8) is 0 Å². The molecule has 0 radical (unpaired) electrons. The fourth-order valence-electron chi connectivity index (χ4n) is 2.46. The summed E-state index contributed by atoms with van der Waals surface area (Å²) in [5.74, 6) is -0.597. The molecular formula is C19H18N2O5. The average molecular weight is 354 g/mol. The summed E-state index contributed by atoms with van der Waals surface area (Å²) in [5, 5.41) is 2.43. The van der Waals surface area contributed by atoms with Crippen LogP contribution in [0.2, 0.25) is 0 Å². The van der Waals surface area contributed by atoms with Gasteiger partial charge in [0.2, 0.25) is 0 Å². The van der Waals surface area contributed by atoms with E-state index >= 15 is 0 Å². The van der Waals surface area contributed by atoms with Crippen LogP contribution in [0.15, 0.2) is 60.7 Å². The Hall–Kier alpha value is -3.35. The summed E-state index contributed by atoms with van der Waals surface area (Å²) in [6, 6.07) is 16.7. The zero-order valence-corrected chi connectivity index (χ0v) is 14.0. The molecule has 3 rings (SSSR count). The van der Waals surface area contributed by atoms with E-state index in [-0.39, 0.29) is 19.8 Å². The molecule has 0 aliphatic carbocycles. The van der Waals surface area contributed by atoms with Crippen molar-refractivity contribution in [2.45, 2.75) is 19.3 Å². The van der Waals surface area contributed by atoms with Gasteiger partial charge in [0, 0.05) is 0 Å². The molecule has 7 nitrogen and oxygen atoms in total. The average Bonchev–Trinajstić information content (AvgIpc) is 3.08. The molecule has 3 amide bonds. The smallest absolute Gasteiger partial charge is 0.418 e. The Morgan fingerprint density at radius 1 is 0.923 bits per heavy atom. The molecule has 1 fully saturated rings. The number of urea groups is 1. The standard InChI is InChI=1S/C19H18N2O5/c22-17(25-12-14-7-3-1-4-8-14)16-11-21(18(23)20-16)19(24)26-13-15-9-5-2-6-10-15/h1-10,16H,11-13H2,(H,20,23)/t16-/m0/s1. The van der Waals surface area contributed by atoms with Gasteiger partial charge in [0.1, 0.15) is 19.3 Å². The van der Waals surface area contributed by atoms with Crippen LogP contribution in [0.3, 0.4) is 0 Å². The Kier molecular flexibility index (Phi) is 5.48. The van der Waals surface area contributed by atoms with Crippen LogP contribution in [-0.4, -0.2) is 35.6 Å². The highest BCUT2D eigenvalue weighted by atomic mass is 16.6. The van der Waals surface area contributed by atoms with Gasteiger partial charge in [-0.1, -0.05) is 60.7 Å². The van der Waals surface area contributed by atoms with Crippen molar-refractivity contribution in [3.8, 4) is 0 Å². The van der Waals surface area contributed by atoms with E-state index in [0.717, 1.165) is 16.0 Å². The van der Waals surface area contributed by atoms with Crippen molar-refractivity contribution in [1.29, 1.82) is 0 Å². The molecule has 1 aliphatic rings. The van der Waals surface area contributed by atoms with Crippen LogP contribution < -0.4 is 5.32 Å². The van der Waals surface area contributed by atoms with E-state index in [1.807, 2.05) is 48.5 Å². The maximum atomic E-state index is 12.1. The van der Waals surface area contributed by atoms with Gasteiger partial charge in [-0.3, -0.25) is 0 Å². The van der Waals surface area contributed by atoms with Crippen LogP contribution in [0.4, 0.5) is 9.59 Å². The normalized spacial score (nSPS) is 16.1. The molecule has 7 heteroatoms. The molecule has 1 heterocycles. The predicted octanol–water partition coefficient (Wildman–Crippen LogP) is 2.46. The van der Waals surface area contributed by atoms with E-state index in [0.29, 0.717) is 0 Å². The van der Waals surface area contributed by atoms with E-state index in [2.05, 4.69) is 5.32 Å². The van der Waals surface area contributed by atoms with Gasteiger partial charge in [0.15, 0.2) is 0 Å². The first-order valence-corrected chi connectivity index (χ1v) is 8.13. The number of hydrogen-bond donors (Lipinski definition) is 1. The Labute approximate surface area is 150 Å². The predicted molar refractivity (Wildman–Crippen MR) is 91.9 cm³/mol. The van der Waals surface area contributed by atoms with E-state index in [4.69, 9.17) is 9.47 Å². The summed E-state index contributed by atoms with van der Waals surface area (Å²) in [6.07, 6.45) is -0.801.